The Kier molecular flexibility index (Phi) is 8.91. The molecule has 2 aromatic rings. The van der Waals surface area contributed by atoms with Crippen LogP contribution in [-0.4, -0.2) is 6.36 Å². The molecule has 0 aromatic heterocycles. The minimum absolute atomic E-state index is 0.176. The minimum Gasteiger partial charge on any atom is -0.403 e. The van der Waals surface area contributed by atoms with Gasteiger partial charge in [0.1, 0.15) is 11.6 Å². The summed E-state index contributed by atoms with van der Waals surface area (Å²) in [5.74, 6) is -2.47. The van der Waals surface area contributed by atoms with E-state index in [0.29, 0.717) is 36.0 Å². The molecule has 0 bridgehead atoms. The molecular weight excluding hydrogens is 490 g/mol. The predicted molar refractivity (Wildman–Crippen MR) is 133 cm³/mol. The SMILES string of the molecule is CCCCCC1CCC(CCC2=CCc3c(cc(F)c(-c4ccc(OC(F)(F)F)c(F)c4)c3F)C2)CC1. The van der Waals surface area contributed by atoms with Gasteiger partial charge in [0.25, 0.3) is 0 Å². The lowest BCUT2D eigenvalue weighted by Crippen LogP contribution is -2.18. The monoisotopic (exact) mass is 524 g/mol. The fourth-order valence-corrected chi connectivity index (χ4v) is 5.85. The highest BCUT2D eigenvalue weighted by atomic mass is 19.4. The van der Waals surface area contributed by atoms with Crippen LogP contribution in [-0.2, 0) is 12.8 Å². The summed E-state index contributed by atoms with van der Waals surface area (Å²) in [7, 11) is 0. The van der Waals surface area contributed by atoms with Crippen LogP contribution in [0.3, 0.4) is 0 Å². The fourth-order valence-electron chi connectivity index (χ4n) is 5.85. The number of hydrogen-bond donors (Lipinski definition) is 0. The number of benzene rings is 2. The third-order valence-electron chi connectivity index (χ3n) is 7.93. The summed E-state index contributed by atoms with van der Waals surface area (Å²) in [5, 5.41) is 0. The molecule has 4 rings (SSSR count). The number of fused-ring (bicyclic) bond motifs is 1. The topological polar surface area (TPSA) is 9.23 Å². The zero-order chi connectivity index (χ0) is 26.6. The molecule has 0 spiro atoms. The summed E-state index contributed by atoms with van der Waals surface area (Å²) in [4.78, 5) is 0. The first-order chi connectivity index (χ1) is 17.6. The highest BCUT2D eigenvalue weighted by Crippen LogP contribution is 2.38. The second-order valence-corrected chi connectivity index (χ2v) is 10.5. The number of rotatable bonds is 9. The van der Waals surface area contributed by atoms with Gasteiger partial charge in [0.15, 0.2) is 11.6 Å². The molecule has 0 radical (unpaired) electrons. The van der Waals surface area contributed by atoms with E-state index in [0.717, 1.165) is 30.9 Å². The number of unbranched alkanes of at least 4 members (excludes halogenated alkanes) is 2. The summed E-state index contributed by atoms with van der Waals surface area (Å²) in [6, 6.07) is 3.70. The van der Waals surface area contributed by atoms with Gasteiger partial charge >= 0.3 is 6.36 Å². The van der Waals surface area contributed by atoms with Gasteiger partial charge in [-0.15, -0.1) is 13.2 Å². The second-order valence-electron chi connectivity index (χ2n) is 10.5. The largest absolute Gasteiger partial charge is 0.573 e. The zero-order valence-corrected chi connectivity index (χ0v) is 21.2. The van der Waals surface area contributed by atoms with Crippen molar-refractivity contribution < 1.29 is 31.1 Å². The van der Waals surface area contributed by atoms with Gasteiger partial charge in [-0.25, -0.2) is 13.2 Å². The van der Waals surface area contributed by atoms with Gasteiger partial charge < -0.3 is 4.74 Å². The van der Waals surface area contributed by atoms with Crippen molar-refractivity contribution in [2.24, 2.45) is 11.8 Å². The average molecular weight is 525 g/mol. The van der Waals surface area contributed by atoms with E-state index in [1.807, 2.05) is 6.08 Å². The van der Waals surface area contributed by atoms with Crippen molar-refractivity contribution >= 4 is 0 Å². The highest BCUT2D eigenvalue weighted by Gasteiger charge is 2.33. The van der Waals surface area contributed by atoms with Crippen LogP contribution in [0, 0.1) is 29.3 Å². The number of ether oxygens (including phenoxy) is 1. The van der Waals surface area contributed by atoms with Gasteiger partial charge in [-0.05, 0) is 72.4 Å². The Morgan fingerprint density at radius 1 is 0.892 bits per heavy atom. The third-order valence-corrected chi connectivity index (χ3v) is 7.93. The summed E-state index contributed by atoms with van der Waals surface area (Å²) in [5.41, 5.74) is 1.50. The van der Waals surface area contributed by atoms with Crippen LogP contribution in [0.4, 0.5) is 26.3 Å². The van der Waals surface area contributed by atoms with Crippen LogP contribution in [0.2, 0.25) is 0 Å². The van der Waals surface area contributed by atoms with E-state index in [1.54, 1.807) is 0 Å². The van der Waals surface area contributed by atoms with Crippen LogP contribution in [0.5, 0.6) is 5.75 Å². The average Bonchev–Trinajstić information content (AvgIpc) is 2.84. The van der Waals surface area contributed by atoms with Crippen molar-refractivity contribution in [1.82, 2.24) is 0 Å². The second kappa shape index (κ2) is 12.0. The van der Waals surface area contributed by atoms with E-state index in [2.05, 4.69) is 11.7 Å². The smallest absolute Gasteiger partial charge is 0.403 e. The lowest BCUT2D eigenvalue weighted by atomic mass is 9.77. The zero-order valence-electron chi connectivity index (χ0n) is 21.2. The van der Waals surface area contributed by atoms with E-state index in [1.165, 1.54) is 63.0 Å². The van der Waals surface area contributed by atoms with Gasteiger partial charge in [0.2, 0.25) is 0 Å². The first-order valence-corrected chi connectivity index (χ1v) is 13.4. The van der Waals surface area contributed by atoms with E-state index >= 15 is 4.39 Å². The summed E-state index contributed by atoms with van der Waals surface area (Å²) in [6.45, 7) is 2.23. The lowest BCUT2D eigenvalue weighted by molar-refractivity contribution is -0.275. The van der Waals surface area contributed by atoms with Crippen molar-refractivity contribution in [3.8, 4) is 16.9 Å². The molecule has 1 fully saturated rings. The Balaban J connectivity index is 1.38. The lowest BCUT2D eigenvalue weighted by Gasteiger charge is -2.29. The molecule has 0 amide bonds. The molecule has 0 N–H and O–H groups in total. The molecule has 0 aliphatic heterocycles. The van der Waals surface area contributed by atoms with Crippen molar-refractivity contribution in [3.63, 3.8) is 0 Å². The van der Waals surface area contributed by atoms with Crippen molar-refractivity contribution in [2.75, 3.05) is 0 Å². The van der Waals surface area contributed by atoms with Crippen molar-refractivity contribution in [2.45, 2.75) is 90.3 Å². The number of halogens is 6. The maximum atomic E-state index is 15.4. The molecule has 1 saturated carbocycles. The number of hydrogen-bond acceptors (Lipinski definition) is 1. The molecule has 0 unspecified atom stereocenters. The molecule has 37 heavy (non-hydrogen) atoms. The van der Waals surface area contributed by atoms with Crippen LogP contribution in [0.25, 0.3) is 11.1 Å². The van der Waals surface area contributed by atoms with Crippen molar-refractivity contribution in [3.05, 3.63) is 64.5 Å². The standard InChI is InChI=1S/C30H34F6O/c1-2-3-4-5-19-6-8-20(9-7-19)10-11-21-12-14-24-23(16-21)18-26(32)28(29(24)33)22-13-15-27(25(31)17-22)37-30(34,35)36/h12-13,15,17-20H,2-11,14,16H2,1H3. The first-order valence-electron chi connectivity index (χ1n) is 13.4. The maximum absolute atomic E-state index is 15.4. The maximum Gasteiger partial charge on any atom is 0.573 e. The molecule has 2 aromatic carbocycles. The minimum atomic E-state index is -5.07. The van der Waals surface area contributed by atoms with Gasteiger partial charge in [0.05, 0.1) is 5.56 Å². The van der Waals surface area contributed by atoms with E-state index in [9.17, 15) is 22.0 Å². The summed E-state index contributed by atoms with van der Waals surface area (Å²) < 4.78 is 85.3. The quantitative estimate of drug-likeness (QED) is 0.180. The van der Waals surface area contributed by atoms with E-state index in [4.69, 9.17) is 0 Å². The Morgan fingerprint density at radius 2 is 1.59 bits per heavy atom. The molecule has 202 valence electrons. The Morgan fingerprint density at radius 3 is 2.24 bits per heavy atom. The number of allylic oxidation sites excluding steroid dienone is 2. The van der Waals surface area contributed by atoms with Crippen LogP contribution >= 0.6 is 0 Å². The summed E-state index contributed by atoms with van der Waals surface area (Å²) in [6.07, 6.45) is 10.1. The van der Waals surface area contributed by atoms with Gasteiger partial charge in [0, 0.05) is 0 Å². The van der Waals surface area contributed by atoms with Crippen LogP contribution in [0.15, 0.2) is 35.9 Å². The predicted octanol–water partition coefficient (Wildman–Crippen LogP) is 9.86. The Hall–Kier alpha value is -2.44. The van der Waals surface area contributed by atoms with Gasteiger partial charge in [-0.1, -0.05) is 76.0 Å². The fraction of sp³-hybridized carbons (Fsp3) is 0.533. The molecular formula is C30H34F6O. The molecule has 0 heterocycles. The molecule has 2 aliphatic carbocycles. The molecule has 7 heteroatoms. The molecule has 2 aliphatic rings. The Bertz CT molecular complexity index is 1110. The normalized spacial score (nSPS) is 19.9. The van der Waals surface area contributed by atoms with E-state index < -0.39 is 35.1 Å². The third kappa shape index (κ3) is 7.11. The van der Waals surface area contributed by atoms with Crippen molar-refractivity contribution in [1.29, 1.82) is 0 Å². The number of alkyl halides is 3. The first kappa shape index (κ1) is 27.6. The Labute approximate surface area is 214 Å². The molecule has 0 saturated heterocycles. The van der Waals surface area contributed by atoms with Gasteiger partial charge in [-0.2, -0.15) is 0 Å². The van der Waals surface area contributed by atoms with E-state index in [-0.39, 0.29) is 5.56 Å². The van der Waals surface area contributed by atoms with Crippen LogP contribution in [0.1, 0.15) is 82.3 Å². The molecule has 1 nitrogen and oxygen atoms in total. The molecule has 0 atom stereocenters. The van der Waals surface area contributed by atoms with Crippen LogP contribution < -0.4 is 4.74 Å². The van der Waals surface area contributed by atoms with Gasteiger partial charge in [-0.3, -0.25) is 0 Å². The highest BCUT2D eigenvalue weighted by molar-refractivity contribution is 5.68. The summed E-state index contributed by atoms with van der Waals surface area (Å²) >= 11 is 0.